The quantitative estimate of drug-likeness (QED) is 0.748. The topological polar surface area (TPSA) is 38.9 Å². The van der Waals surface area contributed by atoms with Crippen LogP contribution in [0.15, 0.2) is 54.6 Å². The third-order valence-corrected chi connectivity index (χ3v) is 3.90. The molecule has 2 aromatic carbocycles. The minimum atomic E-state index is 0.768. The van der Waals surface area contributed by atoms with E-state index < -0.39 is 0 Å². The molecule has 3 heteroatoms. The van der Waals surface area contributed by atoms with E-state index in [1.54, 1.807) is 0 Å². The Labute approximate surface area is 116 Å². The van der Waals surface area contributed by atoms with Crippen molar-refractivity contribution in [3.8, 4) is 21.8 Å². The molecule has 0 atom stereocenters. The van der Waals surface area contributed by atoms with Gasteiger partial charge in [-0.15, -0.1) is 0 Å². The molecule has 0 bridgehead atoms. The molecular weight excluding hydrogens is 252 g/mol. The highest BCUT2D eigenvalue weighted by molar-refractivity contribution is 7.19. The number of nitrogens with two attached hydrogens (primary N) is 1. The second-order valence-electron chi connectivity index (χ2n) is 4.47. The fraction of sp³-hybridized carbons (Fsp3) is 0.0625. The molecular formula is C16H14N2S. The normalized spacial score (nSPS) is 10.6. The highest BCUT2D eigenvalue weighted by Crippen LogP contribution is 2.35. The van der Waals surface area contributed by atoms with Crippen LogP contribution < -0.4 is 5.73 Å². The third kappa shape index (κ3) is 2.37. The van der Waals surface area contributed by atoms with Crippen LogP contribution in [0.4, 0.5) is 5.00 Å². The van der Waals surface area contributed by atoms with Crippen molar-refractivity contribution in [2.45, 2.75) is 6.92 Å². The van der Waals surface area contributed by atoms with E-state index in [1.807, 2.05) is 30.3 Å². The second-order valence-corrected chi connectivity index (χ2v) is 5.50. The first-order valence-electron chi connectivity index (χ1n) is 6.13. The van der Waals surface area contributed by atoms with E-state index in [9.17, 15) is 0 Å². The molecule has 1 aromatic heterocycles. The molecule has 0 aliphatic rings. The molecule has 0 radical (unpaired) electrons. The molecule has 0 saturated carbocycles. The molecule has 0 saturated heterocycles. The number of nitrogens with zero attached hydrogens (tertiary/aromatic N) is 1. The zero-order valence-electron chi connectivity index (χ0n) is 10.6. The summed E-state index contributed by atoms with van der Waals surface area (Å²) in [6.45, 7) is 2.07. The molecule has 0 unspecified atom stereocenters. The molecule has 0 amide bonds. The summed E-state index contributed by atoms with van der Waals surface area (Å²) in [6, 6.07) is 18.4. The van der Waals surface area contributed by atoms with Crippen LogP contribution in [0.25, 0.3) is 21.8 Å². The number of hydrogen-bond donors (Lipinski definition) is 1. The van der Waals surface area contributed by atoms with Crippen LogP contribution in [0.3, 0.4) is 0 Å². The number of aryl methyl sites for hydroxylation is 1. The Kier molecular flexibility index (Phi) is 3.05. The van der Waals surface area contributed by atoms with Gasteiger partial charge in [0.25, 0.3) is 0 Å². The van der Waals surface area contributed by atoms with Gasteiger partial charge in [0.1, 0.15) is 15.7 Å². The smallest absolute Gasteiger partial charge is 0.126 e. The maximum atomic E-state index is 6.12. The Hall–Kier alpha value is -2.13. The Balaban J connectivity index is 2.08. The van der Waals surface area contributed by atoms with Crippen LogP contribution in [0.1, 0.15) is 5.56 Å². The van der Waals surface area contributed by atoms with Gasteiger partial charge >= 0.3 is 0 Å². The molecule has 0 aliphatic carbocycles. The number of rotatable bonds is 2. The molecule has 1 heterocycles. The van der Waals surface area contributed by atoms with Crippen molar-refractivity contribution in [1.82, 2.24) is 4.98 Å². The van der Waals surface area contributed by atoms with Crippen LogP contribution in [-0.4, -0.2) is 4.98 Å². The van der Waals surface area contributed by atoms with Gasteiger partial charge in [0.2, 0.25) is 0 Å². The molecule has 0 aliphatic heterocycles. The zero-order valence-corrected chi connectivity index (χ0v) is 11.4. The van der Waals surface area contributed by atoms with Crippen LogP contribution in [0.5, 0.6) is 0 Å². The van der Waals surface area contributed by atoms with Crippen molar-refractivity contribution in [1.29, 1.82) is 0 Å². The summed E-state index contributed by atoms with van der Waals surface area (Å²) in [5.41, 5.74) is 10.4. The highest BCUT2D eigenvalue weighted by atomic mass is 32.1. The van der Waals surface area contributed by atoms with E-state index >= 15 is 0 Å². The summed E-state index contributed by atoms with van der Waals surface area (Å²) in [4.78, 5) is 4.68. The fourth-order valence-electron chi connectivity index (χ4n) is 2.04. The fourth-order valence-corrected chi connectivity index (χ4v) is 2.89. The Morgan fingerprint density at radius 3 is 2.42 bits per heavy atom. The van der Waals surface area contributed by atoms with E-state index in [2.05, 4.69) is 36.2 Å². The van der Waals surface area contributed by atoms with Crippen molar-refractivity contribution in [2.75, 3.05) is 5.73 Å². The van der Waals surface area contributed by atoms with Crippen LogP contribution >= 0.6 is 11.3 Å². The van der Waals surface area contributed by atoms with Crippen LogP contribution in [0.2, 0.25) is 0 Å². The molecule has 0 spiro atoms. The Morgan fingerprint density at radius 2 is 1.68 bits per heavy atom. The summed E-state index contributed by atoms with van der Waals surface area (Å²) < 4.78 is 0. The van der Waals surface area contributed by atoms with Crippen molar-refractivity contribution < 1.29 is 0 Å². The minimum absolute atomic E-state index is 0.768. The minimum Gasteiger partial charge on any atom is -0.389 e. The lowest BCUT2D eigenvalue weighted by molar-refractivity contribution is 1.38. The number of benzene rings is 2. The van der Waals surface area contributed by atoms with Gasteiger partial charge in [-0.05, 0) is 13.0 Å². The van der Waals surface area contributed by atoms with Crippen molar-refractivity contribution in [3.05, 3.63) is 60.2 Å². The summed E-state index contributed by atoms with van der Waals surface area (Å²) in [7, 11) is 0. The first kappa shape index (κ1) is 11.9. The van der Waals surface area contributed by atoms with Gasteiger partial charge in [-0.1, -0.05) is 65.4 Å². The summed E-state index contributed by atoms with van der Waals surface area (Å²) in [6.07, 6.45) is 0. The first-order chi connectivity index (χ1) is 9.24. The van der Waals surface area contributed by atoms with Gasteiger partial charge < -0.3 is 5.73 Å². The lowest BCUT2D eigenvalue weighted by Gasteiger charge is -1.99. The van der Waals surface area contributed by atoms with E-state index in [0.717, 1.165) is 26.8 Å². The average molecular weight is 266 g/mol. The van der Waals surface area contributed by atoms with Crippen LogP contribution in [-0.2, 0) is 0 Å². The zero-order chi connectivity index (χ0) is 13.2. The van der Waals surface area contributed by atoms with Crippen molar-refractivity contribution in [2.24, 2.45) is 0 Å². The van der Waals surface area contributed by atoms with E-state index in [1.165, 1.54) is 16.9 Å². The molecule has 19 heavy (non-hydrogen) atoms. The predicted octanol–water partition coefficient (Wildman–Crippen LogP) is 4.37. The molecule has 3 rings (SSSR count). The maximum Gasteiger partial charge on any atom is 0.126 e. The number of aromatic nitrogens is 1. The number of nitrogen functional groups attached to an aromatic ring is 1. The molecule has 3 aromatic rings. The van der Waals surface area contributed by atoms with Gasteiger partial charge in [-0.3, -0.25) is 0 Å². The van der Waals surface area contributed by atoms with Crippen molar-refractivity contribution >= 4 is 16.3 Å². The van der Waals surface area contributed by atoms with Gasteiger partial charge in [-0.25, -0.2) is 4.98 Å². The predicted molar refractivity (Wildman–Crippen MR) is 82.1 cm³/mol. The summed E-state index contributed by atoms with van der Waals surface area (Å²) in [5, 5.41) is 1.74. The van der Waals surface area contributed by atoms with Crippen molar-refractivity contribution in [3.63, 3.8) is 0 Å². The molecule has 94 valence electrons. The standard InChI is InChI=1S/C16H14N2S/c1-11-6-5-9-13(10-11)14-15(17)19-16(18-14)12-7-3-2-4-8-12/h2-10H,17H2,1H3. The van der Waals surface area contributed by atoms with Gasteiger partial charge in [0.15, 0.2) is 0 Å². The number of anilines is 1. The number of thiazole rings is 1. The average Bonchev–Trinajstić information content (AvgIpc) is 2.82. The highest BCUT2D eigenvalue weighted by Gasteiger charge is 2.11. The molecule has 2 N–H and O–H groups in total. The van der Waals surface area contributed by atoms with Gasteiger partial charge in [0.05, 0.1) is 0 Å². The monoisotopic (exact) mass is 266 g/mol. The number of hydrogen-bond acceptors (Lipinski definition) is 3. The molecule has 0 fully saturated rings. The van der Waals surface area contributed by atoms with E-state index in [0.29, 0.717) is 0 Å². The van der Waals surface area contributed by atoms with E-state index in [4.69, 9.17) is 5.73 Å². The second kappa shape index (κ2) is 4.86. The summed E-state index contributed by atoms with van der Waals surface area (Å²) in [5.74, 6) is 0. The lowest BCUT2D eigenvalue weighted by Crippen LogP contribution is -1.86. The van der Waals surface area contributed by atoms with Crippen LogP contribution in [0, 0.1) is 6.92 Å². The first-order valence-corrected chi connectivity index (χ1v) is 6.94. The van der Waals surface area contributed by atoms with Gasteiger partial charge in [-0.2, -0.15) is 0 Å². The largest absolute Gasteiger partial charge is 0.389 e. The SMILES string of the molecule is Cc1cccc(-c2nc(-c3ccccc3)sc2N)c1. The maximum absolute atomic E-state index is 6.12. The van der Waals surface area contributed by atoms with E-state index in [-0.39, 0.29) is 0 Å². The molecule has 2 nitrogen and oxygen atoms in total. The lowest BCUT2D eigenvalue weighted by atomic mass is 10.1. The van der Waals surface area contributed by atoms with Gasteiger partial charge in [0, 0.05) is 11.1 Å². The third-order valence-electron chi connectivity index (χ3n) is 2.97. The summed E-state index contributed by atoms with van der Waals surface area (Å²) >= 11 is 1.53. The Bertz CT molecular complexity index is 702. The Morgan fingerprint density at radius 1 is 0.947 bits per heavy atom.